The summed E-state index contributed by atoms with van der Waals surface area (Å²) in [5, 5.41) is 0. The summed E-state index contributed by atoms with van der Waals surface area (Å²) in [4.78, 5) is 6.93. The van der Waals surface area contributed by atoms with E-state index in [2.05, 4.69) is 62.2 Å². The first-order valence-electron chi connectivity index (χ1n) is 8.48. The zero-order valence-electron chi connectivity index (χ0n) is 13.8. The lowest BCUT2D eigenvalue weighted by molar-refractivity contribution is 0.309. The van der Waals surface area contributed by atoms with E-state index in [1.54, 1.807) is 0 Å². The van der Waals surface area contributed by atoms with Gasteiger partial charge < -0.3 is 9.97 Å². The van der Waals surface area contributed by atoms with Gasteiger partial charge in [0.2, 0.25) is 0 Å². The van der Waals surface area contributed by atoms with Crippen molar-refractivity contribution in [2.24, 2.45) is 11.8 Å². The summed E-state index contributed by atoms with van der Waals surface area (Å²) >= 11 is 0. The summed E-state index contributed by atoms with van der Waals surface area (Å²) in [7, 11) is 0. The van der Waals surface area contributed by atoms with Gasteiger partial charge in [0.25, 0.3) is 0 Å². The largest absolute Gasteiger partial charge is 0.360 e. The second-order valence-electron chi connectivity index (χ2n) is 7.05. The average Bonchev–Trinajstić information content (AvgIpc) is 3.16. The van der Waals surface area contributed by atoms with E-state index < -0.39 is 0 Å². The third kappa shape index (κ3) is 2.16. The van der Waals surface area contributed by atoms with Crippen LogP contribution in [0.1, 0.15) is 64.5 Å². The molecular weight excluding hydrogens is 256 g/mol. The quantitative estimate of drug-likeness (QED) is 0.703. The van der Waals surface area contributed by atoms with Crippen LogP contribution in [0.4, 0.5) is 0 Å². The maximum atomic E-state index is 3.47. The van der Waals surface area contributed by atoms with Gasteiger partial charge in [-0.2, -0.15) is 0 Å². The van der Waals surface area contributed by atoms with Gasteiger partial charge in [-0.3, -0.25) is 0 Å². The van der Waals surface area contributed by atoms with Crippen LogP contribution in [-0.4, -0.2) is 9.97 Å². The van der Waals surface area contributed by atoms with Crippen molar-refractivity contribution in [3.05, 3.63) is 35.7 Å². The molecule has 2 nitrogen and oxygen atoms in total. The fraction of sp³-hybridized carbons (Fsp3) is 0.579. The molecule has 0 radical (unpaired) electrons. The van der Waals surface area contributed by atoms with Crippen LogP contribution in [0, 0.1) is 11.8 Å². The lowest BCUT2D eigenvalue weighted by atomic mass is 9.67. The molecule has 0 saturated carbocycles. The Kier molecular flexibility index (Phi) is 3.73. The van der Waals surface area contributed by atoms with E-state index in [0.717, 1.165) is 11.8 Å². The minimum absolute atomic E-state index is 0.204. The maximum absolute atomic E-state index is 3.47. The fourth-order valence-corrected chi connectivity index (χ4v) is 4.10. The number of H-pyrrole nitrogens is 2. The molecule has 0 spiro atoms. The number of nitrogens with one attached hydrogen (secondary N) is 2. The number of fused-ring (bicyclic) bond motifs is 3. The molecule has 2 atom stereocenters. The van der Waals surface area contributed by atoms with Gasteiger partial charge in [0, 0.05) is 17.8 Å². The zero-order chi connectivity index (χ0) is 15.0. The fourth-order valence-electron chi connectivity index (χ4n) is 4.10. The number of rotatable bonds is 6. The summed E-state index contributed by atoms with van der Waals surface area (Å²) in [6, 6.07) is 4.63. The highest BCUT2D eigenvalue weighted by atomic mass is 14.8. The normalized spacial score (nSPS) is 18.3. The Hall–Kier alpha value is -1.44. The van der Waals surface area contributed by atoms with Crippen LogP contribution in [0.5, 0.6) is 0 Å². The first-order valence-corrected chi connectivity index (χ1v) is 8.48. The highest BCUT2D eigenvalue weighted by Crippen LogP contribution is 2.54. The Morgan fingerprint density at radius 1 is 0.857 bits per heavy atom. The Bertz CT molecular complexity index is 550. The number of hydrogen-bond donors (Lipinski definition) is 2. The molecule has 1 aliphatic carbocycles. The van der Waals surface area contributed by atoms with E-state index in [9.17, 15) is 0 Å². The van der Waals surface area contributed by atoms with Crippen LogP contribution in [0.25, 0.3) is 11.4 Å². The summed E-state index contributed by atoms with van der Waals surface area (Å²) in [6.45, 7) is 9.42. The van der Waals surface area contributed by atoms with Crippen LogP contribution >= 0.6 is 0 Å². The van der Waals surface area contributed by atoms with Crippen molar-refractivity contribution < 1.29 is 0 Å². The van der Waals surface area contributed by atoms with Crippen LogP contribution in [-0.2, 0) is 5.41 Å². The van der Waals surface area contributed by atoms with Gasteiger partial charge in [0.1, 0.15) is 0 Å². The molecule has 21 heavy (non-hydrogen) atoms. The van der Waals surface area contributed by atoms with Crippen molar-refractivity contribution in [3.63, 3.8) is 0 Å². The Morgan fingerprint density at radius 2 is 1.29 bits per heavy atom. The minimum Gasteiger partial charge on any atom is -0.360 e. The number of aromatic nitrogens is 2. The molecule has 3 rings (SSSR count). The summed E-state index contributed by atoms with van der Waals surface area (Å²) < 4.78 is 0. The van der Waals surface area contributed by atoms with Crippen molar-refractivity contribution in [1.82, 2.24) is 9.97 Å². The van der Waals surface area contributed by atoms with Gasteiger partial charge in [-0.15, -0.1) is 0 Å². The van der Waals surface area contributed by atoms with Crippen LogP contribution in [0.2, 0.25) is 0 Å². The van der Waals surface area contributed by atoms with Gasteiger partial charge in [-0.1, -0.05) is 40.5 Å². The molecule has 2 unspecified atom stereocenters. The number of hydrogen-bond acceptors (Lipinski definition) is 0. The SMILES string of the molecule is CCC(C)CC1(CC(C)CC)c2cc[nH]c2-c2[nH]ccc21. The van der Waals surface area contributed by atoms with Crippen molar-refractivity contribution in [3.8, 4) is 11.4 Å². The Labute approximate surface area is 128 Å². The average molecular weight is 284 g/mol. The van der Waals surface area contributed by atoms with Crippen molar-refractivity contribution >= 4 is 0 Å². The molecular formula is C19H28N2. The van der Waals surface area contributed by atoms with E-state index in [1.165, 1.54) is 48.2 Å². The van der Waals surface area contributed by atoms with Crippen molar-refractivity contribution in [1.29, 1.82) is 0 Å². The molecule has 114 valence electrons. The standard InChI is InChI=1S/C19H28N2/c1-5-13(3)11-19(12-14(4)6-2)15-7-9-20-17(15)18-16(19)8-10-21-18/h7-10,13-14,20-21H,5-6,11-12H2,1-4H3. The molecule has 2 aromatic heterocycles. The molecule has 2 heterocycles. The third-order valence-corrected chi connectivity index (χ3v) is 5.56. The zero-order valence-corrected chi connectivity index (χ0v) is 13.8. The molecule has 0 saturated heterocycles. The van der Waals surface area contributed by atoms with Crippen LogP contribution in [0.3, 0.4) is 0 Å². The van der Waals surface area contributed by atoms with Crippen molar-refractivity contribution in [2.75, 3.05) is 0 Å². The third-order valence-electron chi connectivity index (χ3n) is 5.56. The highest BCUT2D eigenvalue weighted by molar-refractivity contribution is 5.76. The second-order valence-corrected chi connectivity index (χ2v) is 7.05. The molecule has 0 amide bonds. The molecule has 2 aromatic rings. The summed E-state index contributed by atoms with van der Waals surface area (Å²) in [6.07, 6.45) is 9.23. The summed E-state index contributed by atoms with van der Waals surface area (Å²) in [5.74, 6) is 1.50. The van der Waals surface area contributed by atoms with E-state index in [1.807, 2.05) is 0 Å². The van der Waals surface area contributed by atoms with E-state index in [-0.39, 0.29) is 5.41 Å². The first kappa shape index (κ1) is 14.5. The van der Waals surface area contributed by atoms with Gasteiger partial charge in [0.05, 0.1) is 11.4 Å². The predicted octanol–water partition coefficient (Wildman–Crippen LogP) is 5.48. The predicted molar refractivity (Wildman–Crippen MR) is 89.5 cm³/mol. The van der Waals surface area contributed by atoms with Gasteiger partial charge in [-0.05, 0) is 47.9 Å². The van der Waals surface area contributed by atoms with Gasteiger partial charge >= 0.3 is 0 Å². The number of aromatic amines is 2. The monoisotopic (exact) mass is 284 g/mol. The maximum Gasteiger partial charge on any atom is 0.0664 e. The molecule has 0 fully saturated rings. The molecule has 0 aromatic carbocycles. The highest BCUT2D eigenvalue weighted by Gasteiger charge is 2.45. The molecule has 2 N–H and O–H groups in total. The van der Waals surface area contributed by atoms with Gasteiger partial charge in [0.15, 0.2) is 0 Å². The molecule has 0 bridgehead atoms. The van der Waals surface area contributed by atoms with E-state index in [4.69, 9.17) is 0 Å². The first-order chi connectivity index (χ1) is 10.1. The molecule has 1 aliphatic rings. The van der Waals surface area contributed by atoms with Crippen LogP contribution in [0.15, 0.2) is 24.5 Å². The van der Waals surface area contributed by atoms with E-state index >= 15 is 0 Å². The lowest BCUT2D eigenvalue weighted by Gasteiger charge is -2.35. The van der Waals surface area contributed by atoms with Gasteiger partial charge in [-0.25, -0.2) is 0 Å². The second kappa shape index (κ2) is 5.40. The molecule has 2 heteroatoms. The minimum atomic E-state index is 0.204. The Balaban J connectivity index is 2.11. The Morgan fingerprint density at radius 3 is 1.67 bits per heavy atom. The smallest absolute Gasteiger partial charge is 0.0664 e. The lowest BCUT2D eigenvalue weighted by Crippen LogP contribution is -2.29. The van der Waals surface area contributed by atoms with Crippen molar-refractivity contribution in [2.45, 2.75) is 58.8 Å². The molecule has 0 aliphatic heterocycles. The topological polar surface area (TPSA) is 31.6 Å². The van der Waals surface area contributed by atoms with E-state index in [0.29, 0.717) is 0 Å². The summed E-state index contributed by atoms with van der Waals surface area (Å²) in [5.41, 5.74) is 5.88. The van der Waals surface area contributed by atoms with Crippen LogP contribution < -0.4 is 0 Å².